The lowest BCUT2D eigenvalue weighted by molar-refractivity contribution is 0.618. The van der Waals surface area contributed by atoms with Gasteiger partial charge in [-0.3, -0.25) is 0 Å². The molecule has 0 aromatic heterocycles. The molecule has 2 rings (SSSR count). The Kier molecular flexibility index (Phi) is 4.38. The van der Waals surface area contributed by atoms with Gasteiger partial charge in [-0.2, -0.15) is 0 Å². The van der Waals surface area contributed by atoms with Crippen LogP contribution < -0.4 is 5.73 Å². The Morgan fingerprint density at radius 3 is 2.47 bits per heavy atom. The summed E-state index contributed by atoms with van der Waals surface area (Å²) in [7, 11) is 0. The normalized spacial score (nSPS) is 12.5. The minimum Gasteiger partial charge on any atom is -0.324 e. The average molecular weight is 322 g/mol. The van der Waals surface area contributed by atoms with Crippen molar-refractivity contribution in [3.05, 3.63) is 68.9 Å². The van der Waals surface area contributed by atoms with E-state index in [-0.39, 0.29) is 11.9 Å². The largest absolute Gasteiger partial charge is 0.324 e. The summed E-state index contributed by atoms with van der Waals surface area (Å²) in [6.45, 7) is 4.17. The highest BCUT2D eigenvalue weighted by molar-refractivity contribution is 9.10. The van der Waals surface area contributed by atoms with Gasteiger partial charge < -0.3 is 5.73 Å². The predicted molar refractivity (Wildman–Crippen MR) is 80.6 cm³/mol. The van der Waals surface area contributed by atoms with Crippen LogP contribution in [0.5, 0.6) is 0 Å². The molecule has 1 unspecified atom stereocenters. The maximum Gasteiger partial charge on any atom is 0.137 e. The lowest BCUT2D eigenvalue weighted by atomic mass is 9.97. The van der Waals surface area contributed by atoms with Crippen molar-refractivity contribution in [1.82, 2.24) is 0 Å². The van der Waals surface area contributed by atoms with Crippen LogP contribution in [0, 0.1) is 19.7 Å². The zero-order valence-corrected chi connectivity index (χ0v) is 12.7. The third kappa shape index (κ3) is 3.43. The maximum absolute atomic E-state index is 13.2. The van der Waals surface area contributed by atoms with Crippen LogP contribution >= 0.6 is 15.9 Å². The van der Waals surface area contributed by atoms with Crippen molar-refractivity contribution in [2.24, 2.45) is 5.73 Å². The van der Waals surface area contributed by atoms with Crippen LogP contribution in [0.4, 0.5) is 4.39 Å². The van der Waals surface area contributed by atoms with E-state index in [0.717, 1.165) is 11.1 Å². The molecule has 0 aliphatic rings. The monoisotopic (exact) mass is 321 g/mol. The molecule has 0 saturated heterocycles. The lowest BCUT2D eigenvalue weighted by Crippen LogP contribution is -2.13. The van der Waals surface area contributed by atoms with Gasteiger partial charge in [-0.1, -0.05) is 24.3 Å². The summed E-state index contributed by atoms with van der Waals surface area (Å²) >= 11 is 3.20. The molecule has 1 atom stereocenters. The molecule has 0 aliphatic heterocycles. The second kappa shape index (κ2) is 5.85. The topological polar surface area (TPSA) is 26.0 Å². The average Bonchev–Trinajstić information content (AvgIpc) is 2.37. The van der Waals surface area contributed by atoms with E-state index in [1.165, 1.54) is 17.2 Å². The first-order valence-corrected chi connectivity index (χ1v) is 7.03. The van der Waals surface area contributed by atoms with Crippen LogP contribution in [-0.2, 0) is 6.42 Å². The molecule has 2 aromatic rings. The second-order valence-corrected chi connectivity index (χ2v) is 5.76. The highest BCUT2D eigenvalue weighted by Crippen LogP contribution is 2.22. The van der Waals surface area contributed by atoms with Crippen molar-refractivity contribution >= 4 is 15.9 Å². The van der Waals surface area contributed by atoms with Crippen LogP contribution in [0.3, 0.4) is 0 Å². The molecule has 0 saturated carbocycles. The highest BCUT2D eigenvalue weighted by Gasteiger charge is 2.09. The summed E-state index contributed by atoms with van der Waals surface area (Å²) in [5.74, 6) is -0.247. The molecule has 0 heterocycles. The smallest absolute Gasteiger partial charge is 0.137 e. The zero-order chi connectivity index (χ0) is 14.0. The summed E-state index contributed by atoms with van der Waals surface area (Å²) in [4.78, 5) is 0. The Bertz CT molecular complexity index is 595. The molecule has 3 heteroatoms. The van der Waals surface area contributed by atoms with Crippen molar-refractivity contribution in [2.75, 3.05) is 0 Å². The van der Waals surface area contributed by atoms with Gasteiger partial charge in [-0.05, 0) is 70.6 Å². The summed E-state index contributed by atoms with van der Waals surface area (Å²) < 4.78 is 13.7. The summed E-state index contributed by atoms with van der Waals surface area (Å²) in [6, 6.07) is 11.2. The third-order valence-electron chi connectivity index (χ3n) is 3.40. The summed E-state index contributed by atoms with van der Waals surface area (Å²) in [5.41, 5.74) is 10.9. The molecule has 2 aromatic carbocycles. The van der Waals surface area contributed by atoms with Crippen LogP contribution in [0.1, 0.15) is 28.3 Å². The van der Waals surface area contributed by atoms with Gasteiger partial charge >= 0.3 is 0 Å². The first kappa shape index (κ1) is 14.2. The molecule has 19 heavy (non-hydrogen) atoms. The van der Waals surface area contributed by atoms with Gasteiger partial charge in [-0.15, -0.1) is 0 Å². The Hall–Kier alpha value is -1.19. The Labute approximate surface area is 121 Å². The summed E-state index contributed by atoms with van der Waals surface area (Å²) in [5, 5.41) is 0. The molecule has 100 valence electrons. The molecule has 0 fully saturated rings. The van der Waals surface area contributed by atoms with E-state index in [1.54, 1.807) is 12.1 Å². The van der Waals surface area contributed by atoms with E-state index in [9.17, 15) is 4.39 Å². The number of hydrogen-bond donors (Lipinski definition) is 1. The lowest BCUT2D eigenvalue weighted by Gasteiger charge is -2.14. The number of aryl methyl sites for hydroxylation is 2. The van der Waals surface area contributed by atoms with Crippen molar-refractivity contribution in [1.29, 1.82) is 0 Å². The summed E-state index contributed by atoms with van der Waals surface area (Å²) in [6.07, 6.45) is 0.696. The minimum atomic E-state index is -0.247. The molecule has 0 aliphatic carbocycles. The molecule has 2 N–H and O–H groups in total. The van der Waals surface area contributed by atoms with Crippen molar-refractivity contribution in [3.8, 4) is 0 Å². The Morgan fingerprint density at radius 2 is 1.84 bits per heavy atom. The first-order valence-electron chi connectivity index (χ1n) is 6.24. The quantitative estimate of drug-likeness (QED) is 0.888. The van der Waals surface area contributed by atoms with E-state index in [4.69, 9.17) is 5.73 Å². The van der Waals surface area contributed by atoms with E-state index in [0.29, 0.717) is 10.9 Å². The van der Waals surface area contributed by atoms with Crippen LogP contribution in [0.15, 0.2) is 40.9 Å². The molecule has 0 amide bonds. The van der Waals surface area contributed by atoms with E-state index in [2.05, 4.69) is 48.0 Å². The van der Waals surface area contributed by atoms with Gasteiger partial charge in [0.2, 0.25) is 0 Å². The Morgan fingerprint density at radius 1 is 1.11 bits per heavy atom. The van der Waals surface area contributed by atoms with Gasteiger partial charge in [0.25, 0.3) is 0 Å². The first-order chi connectivity index (χ1) is 8.97. The fraction of sp³-hybridized carbons (Fsp3) is 0.250. The standard InChI is InChI=1S/C16H17BrFN/c1-10-3-5-13(7-11(10)2)16(19)9-12-4-6-15(18)14(17)8-12/h3-8,16H,9,19H2,1-2H3. The predicted octanol–water partition coefficient (Wildman–Crippen LogP) is 4.45. The fourth-order valence-electron chi connectivity index (χ4n) is 2.03. The maximum atomic E-state index is 13.2. The molecule has 0 radical (unpaired) electrons. The van der Waals surface area contributed by atoms with Crippen LogP contribution in [-0.4, -0.2) is 0 Å². The van der Waals surface area contributed by atoms with Gasteiger partial charge in [0.1, 0.15) is 5.82 Å². The second-order valence-electron chi connectivity index (χ2n) is 4.90. The van der Waals surface area contributed by atoms with Gasteiger partial charge in [0.05, 0.1) is 4.47 Å². The molecule has 1 nitrogen and oxygen atoms in total. The van der Waals surface area contributed by atoms with Gasteiger partial charge in [-0.25, -0.2) is 4.39 Å². The van der Waals surface area contributed by atoms with Crippen molar-refractivity contribution in [3.63, 3.8) is 0 Å². The van der Waals surface area contributed by atoms with E-state index in [1.807, 2.05) is 0 Å². The Balaban J connectivity index is 2.17. The van der Waals surface area contributed by atoms with Crippen molar-refractivity contribution < 1.29 is 4.39 Å². The third-order valence-corrected chi connectivity index (χ3v) is 4.01. The number of halogens is 2. The minimum absolute atomic E-state index is 0.0725. The molecular formula is C16H17BrFN. The molecule has 0 bridgehead atoms. The van der Waals surface area contributed by atoms with E-state index < -0.39 is 0 Å². The molecule has 0 spiro atoms. The number of nitrogens with two attached hydrogens (primary N) is 1. The number of hydrogen-bond acceptors (Lipinski definition) is 1. The van der Waals surface area contributed by atoms with Crippen molar-refractivity contribution in [2.45, 2.75) is 26.3 Å². The SMILES string of the molecule is Cc1ccc(C(N)Cc2ccc(F)c(Br)c2)cc1C. The van der Waals surface area contributed by atoms with E-state index >= 15 is 0 Å². The number of rotatable bonds is 3. The highest BCUT2D eigenvalue weighted by atomic mass is 79.9. The van der Waals surface area contributed by atoms with Gasteiger partial charge in [0, 0.05) is 6.04 Å². The molecular weight excluding hydrogens is 305 g/mol. The van der Waals surface area contributed by atoms with Gasteiger partial charge in [0.15, 0.2) is 0 Å². The van der Waals surface area contributed by atoms with Crippen LogP contribution in [0.25, 0.3) is 0 Å². The fourth-order valence-corrected chi connectivity index (χ4v) is 2.46. The zero-order valence-electron chi connectivity index (χ0n) is 11.1. The number of benzene rings is 2. The van der Waals surface area contributed by atoms with Crippen LogP contribution in [0.2, 0.25) is 0 Å².